The molecule has 104 valence electrons. The van der Waals surface area contributed by atoms with Crippen molar-refractivity contribution in [3.63, 3.8) is 0 Å². The summed E-state index contributed by atoms with van der Waals surface area (Å²) in [6.45, 7) is 0.862. The topological polar surface area (TPSA) is 58.8 Å². The molecule has 0 spiro atoms. The molecule has 5 nitrogen and oxygen atoms in total. The van der Waals surface area contributed by atoms with E-state index >= 15 is 0 Å². The van der Waals surface area contributed by atoms with Crippen molar-refractivity contribution in [2.24, 2.45) is 0 Å². The fourth-order valence-electron chi connectivity index (χ4n) is 2.53. The van der Waals surface area contributed by atoms with Crippen molar-refractivity contribution in [1.82, 2.24) is 4.90 Å². The monoisotopic (exact) mass is 263 g/mol. The van der Waals surface area contributed by atoms with E-state index in [1.54, 1.807) is 32.2 Å². The van der Waals surface area contributed by atoms with Crippen LogP contribution >= 0.6 is 0 Å². The summed E-state index contributed by atoms with van der Waals surface area (Å²) in [5, 5.41) is 0. The smallest absolute Gasteiger partial charge is 0.244 e. The predicted octanol–water partition coefficient (Wildman–Crippen LogP) is 1.33. The van der Waals surface area contributed by atoms with E-state index in [-0.39, 0.29) is 11.9 Å². The second kappa shape index (κ2) is 5.38. The molecule has 2 rings (SSSR count). The summed E-state index contributed by atoms with van der Waals surface area (Å²) in [5.41, 5.74) is 7.63. The van der Waals surface area contributed by atoms with Gasteiger partial charge in [0.2, 0.25) is 5.91 Å². The largest absolute Gasteiger partial charge is 0.497 e. The summed E-state index contributed by atoms with van der Waals surface area (Å²) >= 11 is 0. The number of methoxy groups -OCH3 is 1. The molecular formula is C14H21N3O2. The first-order chi connectivity index (χ1) is 9.04. The highest BCUT2D eigenvalue weighted by Crippen LogP contribution is 2.33. The molecule has 2 N–H and O–H groups in total. The molecule has 19 heavy (non-hydrogen) atoms. The highest BCUT2D eigenvalue weighted by Gasteiger charge is 2.32. The molecule has 0 bridgehead atoms. The molecule has 0 saturated carbocycles. The van der Waals surface area contributed by atoms with Crippen molar-refractivity contribution in [3.8, 4) is 5.75 Å². The van der Waals surface area contributed by atoms with Crippen LogP contribution < -0.4 is 15.4 Å². The van der Waals surface area contributed by atoms with Gasteiger partial charge in [-0.2, -0.15) is 0 Å². The quantitative estimate of drug-likeness (QED) is 0.836. The lowest BCUT2D eigenvalue weighted by Crippen LogP contribution is -2.43. The Bertz CT molecular complexity index is 474. The van der Waals surface area contributed by atoms with Crippen LogP contribution in [0, 0.1) is 0 Å². The Morgan fingerprint density at radius 2 is 2.21 bits per heavy atom. The second-order valence-corrected chi connectivity index (χ2v) is 5.01. The molecule has 1 aromatic carbocycles. The lowest BCUT2D eigenvalue weighted by atomic mass is 10.1. The number of nitrogens with zero attached hydrogens (tertiary/aromatic N) is 2. The fraction of sp³-hybridized carbons (Fsp3) is 0.500. The van der Waals surface area contributed by atoms with Crippen molar-refractivity contribution < 1.29 is 9.53 Å². The summed E-state index contributed by atoms with van der Waals surface area (Å²) in [5.74, 6) is 0.864. The highest BCUT2D eigenvalue weighted by atomic mass is 16.5. The van der Waals surface area contributed by atoms with Gasteiger partial charge in [0, 0.05) is 26.7 Å². The van der Waals surface area contributed by atoms with E-state index in [2.05, 4.69) is 4.90 Å². The minimum absolute atomic E-state index is 0.106. The molecule has 1 fully saturated rings. The Labute approximate surface area is 113 Å². The molecular weight excluding hydrogens is 242 g/mol. The SMILES string of the molecule is COc1ccc(N2CCCC2C(=O)N(C)C)c(N)c1. The second-order valence-electron chi connectivity index (χ2n) is 5.01. The van der Waals surface area contributed by atoms with Gasteiger partial charge in [-0.25, -0.2) is 0 Å². The predicted molar refractivity (Wildman–Crippen MR) is 76.5 cm³/mol. The van der Waals surface area contributed by atoms with Crippen molar-refractivity contribution in [2.75, 3.05) is 38.4 Å². The number of amides is 1. The Morgan fingerprint density at radius 3 is 2.79 bits per heavy atom. The zero-order valence-corrected chi connectivity index (χ0v) is 11.7. The molecule has 1 unspecified atom stereocenters. The van der Waals surface area contributed by atoms with Gasteiger partial charge in [-0.1, -0.05) is 0 Å². The number of anilines is 2. The maximum absolute atomic E-state index is 12.2. The first-order valence-electron chi connectivity index (χ1n) is 6.46. The Hall–Kier alpha value is -1.91. The number of hydrogen-bond donors (Lipinski definition) is 1. The molecule has 1 atom stereocenters. The Morgan fingerprint density at radius 1 is 1.47 bits per heavy atom. The van der Waals surface area contributed by atoms with E-state index in [9.17, 15) is 4.79 Å². The number of likely N-dealkylation sites (N-methyl/N-ethyl adjacent to an activating group) is 1. The summed E-state index contributed by atoms with van der Waals surface area (Å²) in [7, 11) is 5.19. The minimum atomic E-state index is -0.106. The Balaban J connectivity index is 2.27. The lowest BCUT2D eigenvalue weighted by molar-refractivity contribution is -0.129. The van der Waals surface area contributed by atoms with E-state index in [0.717, 1.165) is 30.8 Å². The molecule has 0 radical (unpaired) electrons. The molecule has 1 heterocycles. The van der Waals surface area contributed by atoms with Crippen LogP contribution in [-0.2, 0) is 4.79 Å². The third kappa shape index (κ3) is 2.59. The number of nitrogens with two attached hydrogens (primary N) is 1. The van der Waals surface area contributed by atoms with Gasteiger partial charge in [0.1, 0.15) is 11.8 Å². The maximum atomic E-state index is 12.2. The van der Waals surface area contributed by atoms with Crippen LogP contribution in [0.4, 0.5) is 11.4 Å². The first-order valence-corrected chi connectivity index (χ1v) is 6.46. The average Bonchev–Trinajstić information content (AvgIpc) is 2.86. The van der Waals surface area contributed by atoms with Crippen LogP contribution in [0.2, 0.25) is 0 Å². The molecule has 0 aliphatic carbocycles. The van der Waals surface area contributed by atoms with E-state index in [1.165, 1.54) is 0 Å². The van der Waals surface area contributed by atoms with Crippen LogP contribution in [0.3, 0.4) is 0 Å². The third-order valence-corrected chi connectivity index (χ3v) is 3.52. The van der Waals surface area contributed by atoms with Crippen LogP contribution in [-0.4, -0.2) is 44.6 Å². The molecule has 1 aliphatic rings. The van der Waals surface area contributed by atoms with Crippen molar-refractivity contribution in [2.45, 2.75) is 18.9 Å². The van der Waals surface area contributed by atoms with Gasteiger partial charge in [0.15, 0.2) is 0 Å². The number of carbonyl (C=O) groups is 1. The molecule has 0 aromatic heterocycles. The highest BCUT2D eigenvalue weighted by molar-refractivity contribution is 5.87. The third-order valence-electron chi connectivity index (χ3n) is 3.52. The summed E-state index contributed by atoms with van der Waals surface area (Å²) in [6.07, 6.45) is 1.89. The normalized spacial score (nSPS) is 18.5. The zero-order chi connectivity index (χ0) is 14.0. The van der Waals surface area contributed by atoms with Gasteiger partial charge in [0.25, 0.3) is 0 Å². The van der Waals surface area contributed by atoms with Crippen LogP contribution in [0.25, 0.3) is 0 Å². The summed E-state index contributed by atoms with van der Waals surface area (Å²) < 4.78 is 5.15. The van der Waals surface area contributed by atoms with Gasteiger partial charge >= 0.3 is 0 Å². The summed E-state index contributed by atoms with van der Waals surface area (Å²) in [4.78, 5) is 15.9. The molecule has 1 aromatic rings. The lowest BCUT2D eigenvalue weighted by Gasteiger charge is -2.29. The maximum Gasteiger partial charge on any atom is 0.244 e. The van der Waals surface area contributed by atoms with Gasteiger partial charge < -0.3 is 20.3 Å². The summed E-state index contributed by atoms with van der Waals surface area (Å²) in [6, 6.07) is 5.49. The molecule has 1 aliphatic heterocycles. The van der Waals surface area contributed by atoms with E-state index < -0.39 is 0 Å². The van der Waals surface area contributed by atoms with Crippen LogP contribution in [0.15, 0.2) is 18.2 Å². The van der Waals surface area contributed by atoms with Gasteiger partial charge in [-0.05, 0) is 25.0 Å². The number of hydrogen-bond acceptors (Lipinski definition) is 4. The molecule has 1 saturated heterocycles. The fourth-order valence-corrected chi connectivity index (χ4v) is 2.53. The molecule has 1 amide bonds. The van der Waals surface area contributed by atoms with E-state index in [4.69, 9.17) is 10.5 Å². The van der Waals surface area contributed by atoms with Crippen LogP contribution in [0.1, 0.15) is 12.8 Å². The number of benzene rings is 1. The number of carbonyl (C=O) groups excluding carboxylic acids is 1. The Kier molecular flexibility index (Phi) is 3.83. The van der Waals surface area contributed by atoms with Gasteiger partial charge in [-0.3, -0.25) is 4.79 Å². The van der Waals surface area contributed by atoms with Crippen molar-refractivity contribution in [3.05, 3.63) is 18.2 Å². The van der Waals surface area contributed by atoms with Gasteiger partial charge in [-0.15, -0.1) is 0 Å². The van der Waals surface area contributed by atoms with Gasteiger partial charge in [0.05, 0.1) is 18.5 Å². The standard InChI is InChI=1S/C14H21N3O2/c1-16(2)14(18)13-5-4-8-17(13)12-7-6-10(19-3)9-11(12)15/h6-7,9,13H,4-5,8,15H2,1-3H3. The van der Waals surface area contributed by atoms with Crippen molar-refractivity contribution in [1.29, 1.82) is 0 Å². The van der Waals surface area contributed by atoms with Crippen LogP contribution in [0.5, 0.6) is 5.75 Å². The van der Waals surface area contributed by atoms with Crippen molar-refractivity contribution >= 4 is 17.3 Å². The number of ether oxygens (including phenoxy) is 1. The number of nitrogen functional groups attached to an aromatic ring is 1. The van der Waals surface area contributed by atoms with E-state index in [1.807, 2.05) is 12.1 Å². The van der Waals surface area contributed by atoms with E-state index in [0.29, 0.717) is 5.69 Å². The average molecular weight is 263 g/mol. The minimum Gasteiger partial charge on any atom is -0.497 e. The number of rotatable bonds is 3. The molecule has 5 heteroatoms. The zero-order valence-electron chi connectivity index (χ0n) is 11.7. The first kappa shape index (κ1) is 13.5.